The zero-order valence-corrected chi connectivity index (χ0v) is 38.4. The van der Waals surface area contributed by atoms with Gasteiger partial charge in [-0.1, -0.05) is 75.5 Å². The van der Waals surface area contributed by atoms with Crippen molar-refractivity contribution in [3.05, 3.63) is 98.3 Å². The number of aromatic amines is 1. The number of benzene rings is 3. The van der Waals surface area contributed by atoms with Gasteiger partial charge in [-0.2, -0.15) is 0 Å². The Labute approximate surface area is 366 Å². The maximum absolute atomic E-state index is 13.9. The lowest BCUT2D eigenvalue weighted by Gasteiger charge is -2.45. The summed E-state index contributed by atoms with van der Waals surface area (Å²) in [6, 6.07) is 18.5. The van der Waals surface area contributed by atoms with Gasteiger partial charge < -0.3 is 34.6 Å². The molecule has 2 atom stereocenters. The third kappa shape index (κ3) is 10.0. The van der Waals surface area contributed by atoms with Crippen LogP contribution in [0.2, 0.25) is 23.2 Å². The highest BCUT2D eigenvalue weighted by atomic mass is 35.5. The van der Waals surface area contributed by atoms with Crippen LogP contribution in [-0.4, -0.2) is 74.6 Å². The Balaban J connectivity index is 0.967. The molecule has 13 heteroatoms. The topological polar surface area (TPSA) is 142 Å². The second-order valence-corrected chi connectivity index (χ2v) is 24.1. The SMILES string of the molecule is COc1cc(NC(=O)CCCc2cccc(C3(C(=O)OC4CN5CCC4CC5)CCCC3)c2)c(Cl)cc1CNC[C@H](O[Si](C)(C)C(C)(C)C)c1ccc(O)c2[nH]c(=O)ccc12. The molecule has 0 radical (unpaired) electrons. The molecule has 61 heavy (non-hydrogen) atoms. The van der Waals surface area contributed by atoms with Gasteiger partial charge in [-0.3, -0.25) is 19.3 Å². The summed E-state index contributed by atoms with van der Waals surface area (Å²) in [6.45, 7) is 14.9. The average molecular weight is 872 g/mol. The normalized spacial score (nSPS) is 20.4. The first-order chi connectivity index (χ1) is 29.1. The number of phenolic OH excluding ortho intramolecular Hbond substituents is 1. The van der Waals surface area contributed by atoms with Gasteiger partial charge in [-0.25, -0.2) is 0 Å². The summed E-state index contributed by atoms with van der Waals surface area (Å²) in [7, 11) is -0.685. The number of pyridine rings is 1. The number of carbonyl (C=O) groups is 2. The molecule has 11 nitrogen and oxygen atoms in total. The van der Waals surface area contributed by atoms with Gasteiger partial charge in [0.05, 0.1) is 34.9 Å². The predicted octanol–water partition coefficient (Wildman–Crippen LogP) is 9.16. The Morgan fingerprint density at radius 3 is 2.49 bits per heavy atom. The lowest BCUT2D eigenvalue weighted by molar-refractivity contribution is -0.165. The van der Waals surface area contributed by atoms with Crippen LogP contribution in [-0.2, 0) is 37.1 Å². The Morgan fingerprint density at radius 2 is 1.80 bits per heavy atom. The van der Waals surface area contributed by atoms with E-state index in [-0.39, 0.29) is 34.3 Å². The number of aromatic hydroxyl groups is 1. The molecule has 0 spiro atoms. The number of anilines is 1. The fourth-order valence-electron chi connectivity index (χ4n) is 9.22. The molecule has 1 saturated carbocycles. The summed E-state index contributed by atoms with van der Waals surface area (Å²) >= 11 is 6.79. The molecule has 8 rings (SSSR count). The minimum Gasteiger partial charge on any atom is -0.506 e. The fourth-order valence-corrected chi connectivity index (χ4v) is 10.7. The van der Waals surface area contributed by atoms with Crippen molar-refractivity contribution < 1.29 is 28.6 Å². The fraction of sp³-hybridized carbons (Fsp3) is 0.521. The van der Waals surface area contributed by atoms with Crippen LogP contribution in [0.25, 0.3) is 10.9 Å². The molecule has 4 aromatic rings. The van der Waals surface area contributed by atoms with Crippen molar-refractivity contribution in [1.82, 2.24) is 15.2 Å². The molecule has 4 fully saturated rings. The highest BCUT2D eigenvalue weighted by Gasteiger charge is 2.47. The first kappa shape index (κ1) is 44.8. The third-order valence-electron chi connectivity index (χ3n) is 13.8. The molecule has 4 aliphatic rings. The van der Waals surface area contributed by atoms with Crippen molar-refractivity contribution >= 4 is 48.4 Å². The highest BCUT2D eigenvalue weighted by molar-refractivity contribution is 6.74. The van der Waals surface area contributed by atoms with Crippen molar-refractivity contribution in [3.63, 3.8) is 0 Å². The number of aryl methyl sites for hydroxylation is 1. The van der Waals surface area contributed by atoms with E-state index in [1.807, 2.05) is 12.1 Å². The van der Waals surface area contributed by atoms with E-state index in [1.54, 1.807) is 31.4 Å². The predicted molar refractivity (Wildman–Crippen MR) is 244 cm³/mol. The molecule has 1 unspecified atom stereocenters. The minimum atomic E-state index is -2.27. The van der Waals surface area contributed by atoms with Crippen molar-refractivity contribution in [1.29, 1.82) is 0 Å². The van der Waals surface area contributed by atoms with Crippen molar-refractivity contribution in [2.45, 2.75) is 121 Å². The number of hydrogen-bond donors (Lipinski definition) is 4. The maximum Gasteiger partial charge on any atom is 0.316 e. The summed E-state index contributed by atoms with van der Waals surface area (Å²) in [6.07, 6.45) is 7.11. The quantitative estimate of drug-likeness (QED) is 0.0641. The first-order valence-corrected chi connectivity index (χ1v) is 25.3. The van der Waals surface area contributed by atoms with E-state index in [0.29, 0.717) is 65.6 Å². The van der Waals surface area contributed by atoms with E-state index in [4.69, 9.17) is 25.5 Å². The Hall–Kier alpha value is -4.20. The number of nitrogens with one attached hydrogen (secondary N) is 3. The number of methoxy groups -OCH3 is 1. The molecule has 3 aliphatic heterocycles. The maximum atomic E-state index is 13.9. The number of piperidine rings is 3. The second kappa shape index (κ2) is 18.6. The lowest BCUT2D eigenvalue weighted by Crippen LogP contribution is -2.53. The molecule has 3 saturated heterocycles. The van der Waals surface area contributed by atoms with Crippen LogP contribution in [0.1, 0.15) is 100 Å². The molecule has 4 heterocycles. The van der Waals surface area contributed by atoms with Gasteiger partial charge in [-0.05, 0) is 111 Å². The Morgan fingerprint density at radius 1 is 1.05 bits per heavy atom. The molecule has 328 valence electrons. The Bertz CT molecular complexity index is 2280. The second-order valence-electron chi connectivity index (χ2n) is 18.9. The summed E-state index contributed by atoms with van der Waals surface area (Å²) in [4.78, 5) is 44.5. The number of hydrogen-bond acceptors (Lipinski definition) is 9. The van der Waals surface area contributed by atoms with Crippen LogP contribution in [0.4, 0.5) is 5.69 Å². The van der Waals surface area contributed by atoms with E-state index < -0.39 is 19.8 Å². The zero-order valence-electron chi connectivity index (χ0n) is 36.6. The number of aromatic nitrogens is 1. The van der Waals surface area contributed by atoms with E-state index in [0.717, 1.165) is 80.4 Å². The van der Waals surface area contributed by atoms with E-state index in [1.165, 1.54) is 6.07 Å². The largest absolute Gasteiger partial charge is 0.506 e. The molecule has 2 bridgehead atoms. The number of phenols is 1. The molecule has 1 amide bonds. The van der Waals surface area contributed by atoms with Crippen LogP contribution >= 0.6 is 11.6 Å². The molecule has 1 aliphatic carbocycles. The van der Waals surface area contributed by atoms with Gasteiger partial charge in [0.2, 0.25) is 11.5 Å². The van der Waals surface area contributed by atoms with Gasteiger partial charge in [-0.15, -0.1) is 0 Å². The number of nitrogens with zero attached hydrogens (tertiary/aromatic N) is 1. The molecular weight excluding hydrogens is 808 g/mol. The number of H-pyrrole nitrogens is 1. The van der Waals surface area contributed by atoms with Crippen molar-refractivity contribution in [3.8, 4) is 11.5 Å². The zero-order chi connectivity index (χ0) is 43.5. The number of ether oxygens (including phenoxy) is 2. The van der Waals surface area contributed by atoms with E-state index in [9.17, 15) is 19.5 Å². The number of halogens is 1. The monoisotopic (exact) mass is 870 g/mol. The molecule has 4 N–H and O–H groups in total. The average Bonchev–Trinajstić information content (AvgIpc) is 3.74. The summed E-state index contributed by atoms with van der Waals surface area (Å²) in [5, 5.41) is 18.2. The van der Waals surface area contributed by atoms with E-state index in [2.05, 4.69) is 72.6 Å². The van der Waals surface area contributed by atoms with E-state index >= 15 is 0 Å². The van der Waals surface area contributed by atoms with Gasteiger partial charge in [0, 0.05) is 49.1 Å². The van der Waals surface area contributed by atoms with Gasteiger partial charge in [0.15, 0.2) is 8.32 Å². The molecule has 3 aromatic carbocycles. The molecule has 1 aromatic heterocycles. The van der Waals surface area contributed by atoms with Gasteiger partial charge in [0.1, 0.15) is 17.6 Å². The van der Waals surface area contributed by atoms with Crippen LogP contribution in [0.5, 0.6) is 11.5 Å². The van der Waals surface area contributed by atoms with Crippen molar-refractivity contribution in [2.24, 2.45) is 5.92 Å². The van der Waals surface area contributed by atoms with Crippen LogP contribution < -0.4 is 20.9 Å². The minimum absolute atomic E-state index is 0.000986. The molecular formula is C48H63ClN4O7Si. The number of rotatable bonds is 16. The number of fused-ring (bicyclic) bond motifs is 4. The standard InChI is InChI=1S/C48H63ClN4O7Si/c1-47(2,3)61(5,6)60-41(35-15-17-39(54)45-36(35)16-18-44(56)52-45)29-50-28-33-26-37(49)38(27-40(33)58-4)51-43(55)14-10-12-31-11-9-13-34(25-31)48(21-7-8-22-48)46(57)59-42-30-53-23-19-32(42)20-24-53/h9,11,13,15-18,25-27,32,41-42,50,54H,7-8,10,12,14,19-24,28-30H2,1-6H3,(H,51,55)(H,52,56)/t41-,42?/m0/s1. The lowest BCUT2D eigenvalue weighted by atomic mass is 9.77. The van der Waals surface area contributed by atoms with Crippen LogP contribution in [0, 0.1) is 5.92 Å². The van der Waals surface area contributed by atoms with Gasteiger partial charge in [0.25, 0.3) is 0 Å². The highest BCUT2D eigenvalue weighted by Crippen LogP contribution is 2.44. The summed E-state index contributed by atoms with van der Waals surface area (Å²) in [5.41, 5.74) is 3.77. The van der Waals surface area contributed by atoms with Crippen LogP contribution in [0.3, 0.4) is 0 Å². The smallest absolute Gasteiger partial charge is 0.316 e. The number of carbonyl (C=O) groups excluding carboxylic acids is 2. The Kier molecular flexibility index (Phi) is 13.7. The third-order valence-corrected chi connectivity index (χ3v) is 18.6. The summed E-state index contributed by atoms with van der Waals surface area (Å²) < 4.78 is 19.1. The van der Waals surface area contributed by atoms with Crippen LogP contribution in [0.15, 0.2) is 65.5 Å². The van der Waals surface area contributed by atoms with Crippen molar-refractivity contribution in [2.75, 3.05) is 38.6 Å². The number of esters is 1. The summed E-state index contributed by atoms with van der Waals surface area (Å²) in [5.74, 6) is 0.845. The van der Waals surface area contributed by atoms with Gasteiger partial charge >= 0.3 is 5.97 Å². The first-order valence-electron chi connectivity index (χ1n) is 22.0. The number of amides is 1.